The monoisotopic (exact) mass is 354 g/mol. The van der Waals surface area contributed by atoms with E-state index >= 15 is 0 Å². The van der Waals surface area contributed by atoms with Crippen LogP contribution in [0.25, 0.3) is 0 Å². The highest BCUT2D eigenvalue weighted by Gasteiger charge is 2.04. The van der Waals surface area contributed by atoms with Crippen LogP contribution in [-0.2, 0) is 6.54 Å². The number of carboxylic acids is 1. The van der Waals surface area contributed by atoms with E-state index in [9.17, 15) is 4.79 Å². The van der Waals surface area contributed by atoms with Crippen LogP contribution in [0.2, 0.25) is 10.0 Å². The lowest BCUT2D eigenvalue weighted by Crippen LogP contribution is -2.27. The molecule has 0 saturated carbocycles. The molecule has 2 rings (SSSR count). The lowest BCUT2D eigenvalue weighted by molar-refractivity contribution is 0.0697. The van der Waals surface area contributed by atoms with E-state index in [1.165, 1.54) is 0 Å². The quantitative estimate of drug-likeness (QED) is 0.719. The second-order valence-corrected chi connectivity index (χ2v) is 5.66. The van der Waals surface area contributed by atoms with Crippen LogP contribution in [-0.4, -0.2) is 16.2 Å². The van der Waals surface area contributed by atoms with Gasteiger partial charge in [-0.1, -0.05) is 35.3 Å². The van der Waals surface area contributed by atoms with Gasteiger partial charge in [0.1, 0.15) is 0 Å². The minimum absolute atomic E-state index is 0.250. The molecule has 0 bridgehead atoms. The maximum absolute atomic E-state index is 10.8. The number of rotatable bonds is 4. The van der Waals surface area contributed by atoms with Crippen molar-refractivity contribution in [3.05, 3.63) is 63.6 Å². The Kier molecular flexibility index (Phi) is 5.60. The third-order valence-electron chi connectivity index (χ3n) is 2.83. The lowest BCUT2D eigenvalue weighted by Gasteiger charge is -2.11. The molecule has 2 aromatic rings. The molecule has 7 heteroatoms. The summed E-state index contributed by atoms with van der Waals surface area (Å²) in [6.07, 6.45) is 0. The molecule has 2 aromatic carbocycles. The summed E-state index contributed by atoms with van der Waals surface area (Å²) in [4.78, 5) is 10.8. The summed E-state index contributed by atoms with van der Waals surface area (Å²) in [5.74, 6) is -0.948. The molecule has 0 heterocycles. The zero-order valence-corrected chi connectivity index (χ0v) is 13.6. The number of nitrogens with one attached hydrogen (secondary N) is 2. The third kappa shape index (κ3) is 4.59. The van der Waals surface area contributed by atoms with Gasteiger partial charge in [-0.3, -0.25) is 0 Å². The molecule has 22 heavy (non-hydrogen) atoms. The van der Waals surface area contributed by atoms with Crippen LogP contribution < -0.4 is 10.6 Å². The number of halogens is 2. The van der Waals surface area contributed by atoms with Crippen LogP contribution in [0.3, 0.4) is 0 Å². The molecule has 0 amide bonds. The van der Waals surface area contributed by atoms with Crippen molar-refractivity contribution in [2.45, 2.75) is 6.54 Å². The van der Waals surface area contributed by atoms with Gasteiger partial charge in [0, 0.05) is 12.2 Å². The Labute approximate surface area is 143 Å². The molecular weight excluding hydrogens is 343 g/mol. The Morgan fingerprint density at radius 2 is 1.77 bits per heavy atom. The maximum Gasteiger partial charge on any atom is 0.335 e. The van der Waals surface area contributed by atoms with Gasteiger partial charge < -0.3 is 15.7 Å². The van der Waals surface area contributed by atoms with Gasteiger partial charge in [-0.2, -0.15) is 0 Å². The van der Waals surface area contributed by atoms with Crippen molar-refractivity contribution in [1.82, 2.24) is 5.32 Å². The standard InChI is InChI=1S/C15H12Cl2N2O2S/c16-12-6-5-11(7-13(12)17)19-15(22)18-8-9-1-3-10(4-2-9)14(20)21/h1-7H,8H2,(H,20,21)(H2,18,19,22). The van der Waals surface area contributed by atoms with Crippen molar-refractivity contribution in [3.63, 3.8) is 0 Å². The second-order valence-electron chi connectivity index (χ2n) is 4.44. The van der Waals surface area contributed by atoms with Crippen molar-refractivity contribution in [2.24, 2.45) is 0 Å². The summed E-state index contributed by atoms with van der Waals surface area (Å²) in [5.41, 5.74) is 1.90. The van der Waals surface area contributed by atoms with E-state index < -0.39 is 5.97 Å². The van der Waals surface area contributed by atoms with Crippen LogP contribution >= 0.6 is 35.4 Å². The highest BCUT2D eigenvalue weighted by atomic mass is 35.5. The van der Waals surface area contributed by atoms with Crippen molar-refractivity contribution < 1.29 is 9.90 Å². The molecule has 0 aromatic heterocycles. The minimum atomic E-state index is -0.948. The Bertz CT molecular complexity index is 705. The predicted molar refractivity (Wildman–Crippen MR) is 92.9 cm³/mol. The molecule has 3 N–H and O–H groups in total. The van der Waals surface area contributed by atoms with Crippen LogP contribution in [0.1, 0.15) is 15.9 Å². The fourth-order valence-electron chi connectivity index (χ4n) is 1.70. The summed E-state index contributed by atoms with van der Waals surface area (Å²) < 4.78 is 0. The average Bonchev–Trinajstić information content (AvgIpc) is 2.49. The van der Waals surface area contributed by atoms with Gasteiger partial charge in [-0.15, -0.1) is 0 Å². The van der Waals surface area contributed by atoms with Crippen LogP contribution in [0.4, 0.5) is 5.69 Å². The molecule has 0 spiro atoms. The normalized spacial score (nSPS) is 10.1. The summed E-state index contributed by atoms with van der Waals surface area (Å²) in [6.45, 7) is 0.479. The molecule has 0 aliphatic heterocycles. The van der Waals surface area contributed by atoms with Crippen LogP contribution in [0, 0.1) is 0 Å². The van der Waals surface area contributed by atoms with Gasteiger partial charge in [0.2, 0.25) is 0 Å². The lowest BCUT2D eigenvalue weighted by atomic mass is 10.1. The first-order valence-corrected chi connectivity index (χ1v) is 7.44. The highest BCUT2D eigenvalue weighted by Crippen LogP contribution is 2.24. The first kappa shape index (κ1) is 16.5. The van der Waals surface area contributed by atoms with Crippen LogP contribution in [0.5, 0.6) is 0 Å². The Morgan fingerprint density at radius 3 is 2.36 bits per heavy atom. The van der Waals surface area contributed by atoms with Gasteiger partial charge in [0.15, 0.2) is 5.11 Å². The maximum atomic E-state index is 10.8. The Balaban J connectivity index is 1.89. The van der Waals surface area contributed by atoms with Crippen molar-refractivity contribution in [2.75, 3.05) is 5.32 Å². The SMILES string of the molecule is O=C(O)c1ccc(CNC(=S)Nc2ccc(Cl)c(Cl)c2)cc1. The molecule has 114 valence electrons. The highest BCUT2D eigenvalue weighted by molar-refractivity contribution is 7.80. The number of benzene rings is 2. The van der Waals surface area contributed by atoms with E-state index in [2.05, 4.69) is 10.6 Å². The Hall–Kier alpha value is -1.82. The van der Waals surface area contributed by atoms with Crippen molar-refractivity contribution >= 4 is 52.2 Å². The number of hydrogen-bond acceptors (Lipinski definition) is 2. The molecule has 4 nitrogen and oxygen atoms in total. The van der Waals surface area contributed by atoms with Gasteiger partial charge in [-0.05, 0) is 48.1 Å². The second kappa shape index (κ2) is 7.45. The third-order valence-corrected chi connectivity index (χ3v) is 3.82. The Morgan fingerprint density at radius 1 is 1.09 bits per heavy atom. The fraction of sp³-hybridized carbons (Fsp3) is 0.0667. The number of aromatic carboxylic acids is 1. The zero-order valence-electron chi connectivity index (χ0n) is 11.3. The molecule has 0 aliphatic carbocycles. The topological polar surface area (TPSA) is 61.4 Å². The minimum Gasteiger partial charge on any atom is -0.478 e. The van der Waals surface area contributed by atoms with Gasteiger partial charge in [-0.25, -0.2) is 4.79 Å². The van der Waals surface area contributed by atoms with E-state index in [4.69, 9.17) is 40.5 Å². The number of anilines is 1. The van der Waals surface area contributed by atoms with Crippen LogP contribution in [0.15, 0.2) is 42.5 Å². The smallest absolute Gasteiger partial charge is 0.335 e. The average molecular weight is 355 g/mol. The van der Waals surface area contributed by atoms with Gasteiger partial charge in [0.05, 0.1) is 15.6 Å². The first-order valence-electron chi connectivity index (χ1n) is 6.28. The molecular formula is C15H12Cl2N2O2S. The first-order chi connectivity index (χ1) is 10.5. The summed E-state index contributed by atoms with van der Waals surface area (Å²) in [5, 5.41) is 16.2. The number of thiocarbonyl (C=S) groups is 1. The molecule has 0 saturated heterocycles. The number of carbonyl (C=O) groups is 1. The number of carboxylic acid groups (broad SMARTS) is 1. The zero-order chi connectivity index (χ0) is 16.1. The summed E-state index contributed by atoms with van der Waals surface area (Å²) in [7, 11) is 0. The van der Waals surface area contributed by atoms with E-state index in [-0.39, 0.29) is 5.56 Å². The van der Waals surface area contributed by atoms with E-state index in [0.717, 1.165) is 11.3 Å². The van der Waals surface area contributed by atoms with E-state index in [1.807, 2.05) is 0 Å². The van der Waals surface area contributed by atoms with E-state index in [0.29, 0.717) is 21.7 Å². The predicted octanol–water partition coefficient (Wildman–Crippen LogP) is 4.18. The van der Waals surface area contributed by atoms with Gasteiger partial charge in [0.25, 0.3) is 0 Å². The largest absolute Gasteiger partial charge is 0.478 e. The fourth-order valence-corrected chi connectivity index (χ4v) is 2.18. The molecule has 0 radical (unpaired) electrons. The molecule has 0 fully saturated rings. The molecule has 0 aliphatic rings. The van der Waals surface area contributed by atoms with Crippen molar-refractivity contribution in [1.29, 1.82) is 0 Å². The van der Waals surface area contributed by atoms with E-state index in [1.54, 1.807) is 42.5 Å². The number of hydrogen-bond donors (Lipinski definition) is 3. The van der Waals surface area contributed by atoms with Crippen molar-refractivity contribution in [3.8, 4) is 0 Å². The summed E-state index contributed by atoms with van der Waals surface area (Å²) >= 11 is 17.0. The molecule has 0 unspecified atom stereocenters. The molecule has 0 atom stereocenters. The summed E-state index contributed by atoms with van der Waals surface area (Å²) in [6, 6.07) is 11.7. The van der Waals surface area contributed by atoms with Gasteiger partial charge >= 0.3 is 5.97 Å².